The first-order valence-electron chi connectivity index (χ1n) is 8.94. The summed E-state index contributed by atoms with van der Waals surface area (Å²) in [5, 5.41) is 11.9. The Balaban J connectivity index is 1.56. The number of amides is 1. The molecule has 2 aliphatic rings. The summed E-state index contributed by atoms with van der Waals surface area (Å²) in [6.07, 6.45) is 10.2. The lowest BCUT2D eigenvalue weighted by molar-refractivity contribution is -0.126. The second kappa shape index (κ2) is 8.40. The number of likely N-dealkylation sites (tertiary alicyclic amines) is 1. The monoisotopic (exact) mass is 348 g/mol. The molecule has 0 radical (unpaired) electrons. The molecule has 1 saturated heterocycles. The van der Waals surface area contributed by atoms with Gasteiger partial charge in [0.15, 0.2) is 5.83 Å². The van der Waals surface area contributed by atoms with Crippen molar-refractivity contribution in [3.63, 3.8) is 0 Å². The summed E-state index contributed by atoms with van der Waals surface area (Å²) in [6.45, 7) is 2.23. The molecule has 0 aromatic carbocycles. The van der Waals surface area contributed by atoms with Crippen molar-refractivity contribution in [2.24, 2.45) is 0 Å². The predicted molar refractivity (Wildman–Crippen MR) is 93.7 cm³/mol. The third-order valence-corrected chi connectivity index (χ3v) is 5.04. The second-order valence-electron chi connectivity index (χ2n) is 6.83. The number of rotatable bonds is 5. The van der Waals surface area contributed by atoms with E-state index in [0.717, 1.165) is 30.9 Å². The molecule has 1 atom stereocenters. The highest BCUT2D eigenvalue weighted by Crippen LogP contribution is 2.26. The fourth-order valence-electron chi connectivity index (χ4n) is 3.78. The van der Waals surface area contributed by atoms with Gasteiger partial charge >= 0.3 is 5.91 Å². The lowest BCUT2D eigenvalue weighted by atomic mass is 10.0. The Morgan fingerprint density at radius 1 is 1.28 bits per heavy atom. The number of pyridine rings is 1. The number of anilines is 1. The molecule has 7 heteroatoms. The van der Waals surface area contributed by atoms with E-state index < -0.39 is 11.7 Å². The Labute approximate surface area is 147 Å². The first-order chi connectivity index (χ1) is 12.2. The normalized spacial score (nSPS) is 22.8. The van der Waals surface area contributed by atoms with E-state index in [2.05, 4.69) is 15.2 Å². The lowest BCUT2D eigenvalue weighted by Crippen LogP contribution is -2.46. The molecular formula is C18H25FN4O2. The quantitative estimate of drug-likeness (QED) is 0.433. The Kier molecular flexibility index (Phi) is 5.99. The number of piperidine rings is 1. The molecule has 0 unspecified atom stereocenters. The van der Waals surface area contributed by atoms with Crippen LogP contribution in [0.5, 0.6) is 0 Å². The van der Waals surface area contributed by atoms with Gasteiger partial charge in [-0.2, -0.15) is 0 Å². The van der Waals surface area contributed by atoms with Crippen LogP contribution >= 0.6 is 0 Å². The average Bonchev–Trinajstić information content (AvgIpc) is 3.17. The van der Waals surface area contributed by atoms with Crippen LogP contribution in [0.1, 0.15) is 44.1 Å². The summed E-state index contributed by atoms with van der Waals surface area (Å²) < 4.78 is 13.4. The summed E-state index contributed by atoms with van der Waals surface area (Å²) >= 11 is 0. The number of nitrogens with one attached hydrogen (secondary N) is 2. The van der Waals surface area contributed by atoms with Crippen molar-refractivity contribution in [1.82, 2.24) is 15.4 Å². The van der Waals surface area contributed by atoms with E-state index in [1.54, 1.807) is 12.1 Å². The van der Waals surface area contributed by atoms with Crippen LogP contribution in [0.4, 0.5) is 10.2 Å². The van der Waals surface area contributed by atoms with Gasteiger partial charge in [-0.3, -0.25) is 14.9 Å². The van der Waals surface area contributed by atoms with Crippen molar-refractivity contribution >= 4 is 17.8 Å². The molecular weight excluding hydrogens is 323 g/mol. The van der Waals surface area contributed by atoms with Crippen molar-refractivity contribution in [3.8, 4) is 0 Å². The van der Waals surface area contributed by atoms with Gasteiger partial charge in [0.25, 0.3) is 0 Å². The fourth-order valence-corrected chi connectivity index (χ4v) is 3.78. The molecule has 0 spiro atoms. The summed E-state index contributed by atoms with van der Waals surface area (Å²) in [5.41, 5.74) is 1.72. The van der Waals surface area contributed by atoms with Crippen molar-refractivity contribution in [2.45, 2.75) is 50.6 Å². The highest BCUT2D eigenvalue weighted by Gasteiger charge is 2.27. The standard InChI is InChI=1S/C18H25FN4O2/c19-16(18(24)22-25)10-13-7-8-17(20-11-13)21-14-4-3-9-23(12-14)15-5-1-2-6-15/h7-8,10-11,14-15,25H,1-6,9,12H2,(H,20,21)(H,22,24)/b16-10+/t14-/m1/s1. The van der Waals surface area contributed by atoms with Crippen LogP contribution in [0.15, 0.2) is 24.2 Å². The number of hydroxylamine groups is 1. The van der Waals surface area contributed by atoms with Crippen molar-refractivity contribution in [1.29, 1.82) is 0 Å². The zero-order valence-corrected chi connectivity index (χ0v) is 14.2. The topological polar surface area (TPSA) is 77.5 Å². The minimum absolute atomic E-state index is 0.375. The molecule has 2 heterocycles. The zero-order valence-electron chi connectivity index (χ0n) is 14.2. The Morgan fingerprint density at radius 2 is 2.08 bits per heavy atom. The van der Waals surface area contributed by atoms with Crippen LogP contribution in [0.25, 0.3) is 6.08 Å². The number of hydrogen-bond acceptors (Lipinski definition) is 5. The van der Waals surface area contributed by atoms with E-state index in [0.29, 0.717) is 11.6 Å². The Morgan fingerprint density at radius 3 is 2.76 bits per heavy atom. The molecule has 6 nitrogen and oxygen atoms in total. The molecule has 3 rings (SSSR count). The molecule has 1 amide bonds. The van der Waals surface area contributed by atoms with Crippen LogP contribution in [0.2, 0.25) is 0 Å². The van der Waals surface area contributed by atoms with E-state index in [-0.39, 0.29) is 0 Å². The number of carbonyl (C=O) groups excluding carboxylic acids is 1. The minimum Gasteiger partial charge on any atom is -0.366 e. The Hall–Kier alpha value is -1.99. The Bertz CT molecular complexity index is 614. The number of carbonyl (C=O) groups is 1. The molecule has 2 fully saturated rings. The molecule has 1 aromatic rings. The number of nitrogens with zero attached hydrogens (tertiary/aromatic N) is 2. The van der Waals surface area contributed by atoms with Gasteiger partial charge in [-0.1, -0.05) is 12.8 Å². The van der Waals surface area contributed by atoms with Crippen LogP contribution in [-0.4, -0.2) is 46.2 Å². The largest absolute Gasteiger partial charge is 0.366 e. The van der Waals surface area contributed by atoms with E-state index in [9.17, 15) is 9.18 Å². The molecule has 1 aliphatic carbocycles. The maximum Gasteiger partial charge on any atom is 0.303 e. The van der Waals surface area contributed by atoms with Gasteiger partial charge in [0.2, 0.25) is 0 Å². The number of hydrogen-bond donors (Lipinski definition) is 3. The molecule has 1 saturated carbocycles. The number of halogens is 1. The predicted octanol–water partition coefficient (Wildman–Crippen LogP) is 2.72. The van der Waals surface area contributed by atoms with Crippen LogP contribution in [-0.2, 0) is 4.79 Å². The summed E-state index contributed by atoms with van der Waals surface area (Å²) in [7, 11) is 0. The van der Waals surface area contributed by atoms with Crippen molar-refractivity contribution in [2.75, 3.05) is 18.4 Å². The summed E-state index contributed by atoms with van der Waals surface area (Å²) in [4.78, 5) is 17.8. The minimum atomic E-state index is -1.17. The van der Waals surface area contributed by atoms with E-state index >= 15 is 0 Å². The van der Waals surface area contributed by atoms with Gasteiger partial charge < -0.3 is 5.32 Å². The van der Waals surface area contributed by atoms with E-state index in [4.69, 9.17) is 5.21 Å². The van der Waals surface area contributed by atoms with Gasteiger partial charge in [-0.15, -0.1) is 0 Å². The zero-order chi connectivity index (χ0) is 17.6. The van der Waals surface area contributed by atoms with Crippen molar-refractivity contribution in [3.05, 3.63) is 29.7 Å². The number of aromatic nitrogens is 1. The molecule has 0 bridgehead atoms. The highest BCUT2D eigenvalue weighted by molar-refractivity contribution is 5.94. The summed E-state index contributed by atoms with van der Waals surface area (Å²) in [5.74, 6) is -1.48. The van der Waals surface area contributed by atoms with Gasteiger partial charge in [0, 0.05) is 24.8 Å². The maximum absolute atomic E-state index is 13.4. The fraction of sp³-hybridized carbons (Fsp3) is 0.556. The molecule has 1 aromatic heterocycles. The highest BCUT2D eigenvalue weighted by atomic mass is 19.1. The first-order valence-corrected chi connectivity index (χ1v) is 8.94. The van der Waals surface area contributed by atoms with Gasteiger partial charge in [0.1, 0.15) is 5.82 Å². The molecule has 136 valence electrons. The third-order valence-electron chi connectivity index (χ3n) is 5.04. The maximum atomic E-state index is 13.4. The van der Waals surface area contributed by atoms with E-state index in [1.807, 2.05) is 0 Å². The molecule has 25 heavy (non-hydrogen) atoms. The first kappa shape index (κ1) is 17.8. The van der Waals surface area contributed by atoms with E-state index in [1.165, 1.54) is 50.3 Å². The smallest absolute Gasteiger partial charge is 0.303 e. The average molecular weight is 348 g/mol. The SMILES string of the molecule is O=C(NO)/C(F)=C\c1ccc(N[C@@H]2CCCN(C3CCCC3)C2)nc1. The van der Waals surface area contributed by atoms with Crippen LogP contribution in [0, 0.1) is 0 Å². The van der Waals surface area contributed by atoms with Gasteiger partial charge in [-0.25, -0.2) is 14.9 Å². The van der Waals surface area contributed by atoms with Gasteiger partial charge in [0.05, 0.1) is 0 Å². The second-order valence-corrected chi connectivity index (χ2v) is 6.83. The molecule has 3 N–H and O–H groups in total. The van der Waals surface area contributed by atoms with Gasteiger partial charge in [-0.05, 0) is 56.0 Å². The van der Waals surface area contributed by atoms with Crippen LogP contribution in [0.3, 0.4) is 0 Å². The lowest BCUT2D eigenvalue weighted by Gasteiger charge is -2.37. The summed E-state index contributed by atoms with van der Waals surface area (Å²) in [6, 6.07) is 4.59. The molecule has 1 aliphatic heterocycles. The van der Waals surface area contributed by atoms with Crippen molar-refractivity contribution < 1.29 is 14.4 Å². The van der Waals surface area contributed by atoms with Crippen LogP contribution < -0.4 is 10.8 Å². The third kappa shape index (κ3) is 4.76.